The molecule has 0 radical (unpaired) electrons. The van der Waals surface area contributed by atoms with E-state index in [9.17, 15) is 0 Å². The van der Waals surface area contributed by atoms with E-state index < -0.39 is 0 Å². The summed E-state index contributed by atoms with van der Waals surface area (Å²) in [4.78, 5) is 7.08. The highest BCUT2D eigenvalue weighted by molar-refractivity contribution is 6.16. The second-order valence-electron chi connectivity index (χ2n) is 5.23. The molecule has 0 bridgehead atoms. The van der Waals surface area contributed by atoms with Gasteiger partial charge in [-0.3, -0.25) is 0 Å². The van der Waals surface area contributed by atoms with Crippen LogP contribution in [0.25, 0.3) is 0 Å². The van der Waals surface area contributed by atoms with Gasteiger partial charge in [0, 0.05) is 12.6 Å². The van der Waals surface area contributed by atoms with Crippen molar-refractivity contribution in [2.75, 3.05) is 11.4 Å². The molecule has 1 heterocycles. The van der Waals surface area contributed by atoms with Gasteiger partial charge < -0.3 is 4.90 Å². The van der Waals surface area contributed by atoms with Gasteiger partial charge in [0.05, 0.1) is 11.6 Å². The minimum Gasteiger partial charge on any atom is -0.354 e. The van der Waals surface area contributed by atoms with Crippen molar-refractivity contribution in [1.29, 1.82) is 0 Å². The monoisotopic (exact) mass is 252 g/mol. The summed E-state index contributed by atoms with van der Waals surface area (Å²) in [5, 5.41) is 0. The standard InChI is InChI=1S/C14H21ClN2/c1-11(2)8-9-17(13-6-7-13)14-5-3-4-12(10-15)16-14/h3-5,11,13H,6-10H2,1-2H3. The summed E-state index contributed by atoms with van der Waals surface area (Å²) in [6, 6.07) is 6.87. The van der Waals surface area contributed by atoms with Gasteiger partial charge in [0.15, 0.2) is 0 Å². The summed E-state index contributed by atoms with van der Waals surface area (Å²) in [6.07, 6.45) is 3.85. The molecule has 1 aromatic heterocycles. The second kappa shape index (κ2) is 5.72. The van der Waals surface area contributed by atoms with Gasteiger partial charge in [-0.1, -0.05) is 19.9 Å². The molecule has 17 heavy (non-hydrogen) atoms. The van der Waals surface area contributed by atoms with Crippen molar-refractivity contribution in [2.24, 2.45) is 5.92 Å². The van der Waals surface area contributed by atoms with Gasteiger partial charge in [0.2, 0.25) is 0 Å². The van der Waals surface area contributed by atoms with Gasteiger partial charge in [-0.2, -0.15) is 0 Å². The maximum Gasteiger partial charge on any atom is 0.129 e. The fourth-order valence-electron chi connectivity index (χ4n) is 1.97. The molecule has 0 N–H and O–H groups in total. The number of hydrogen-bond acceptors (Lipinski definition) is 2. The molecule has 1 aliphatic carbocycles. The molecule has 1 saturated carbocycles. The van der Waals surface area contributed by atoms with E-state index in [4.69, 9.17) is 11.6 Å². The van der Waals surface area contributed by atoms with Crippen molar-refractivity contribution in [1.82, 2.24) is 4.98 Å². The zero-order valence-electron chi connectivity index (χ0n) is 10.7. The highest BCUT2D eigenvalue weighted by Gasteiger charge is 2.29. The summed E-state index contributed by atoms with van der Waals surface area (Å²) in [7, 11) is 0. The van der Waals surface area contributed by atoms with Crippen LogP contribution in [0.3, 0.4) is 0 Å². The van der Waals surface area contributed by atoms with Crippen LogP contribution in [0.15, 0.2) is 18.2 Å². The van der Waals surface area contributed by atoms with Crippen LogP contribution in [0.2, 0.25) is 0 Å². The lowest BCUT2D eigenvalue weighted by atomic mass is 10.1. The summed E-state index contributed by atoms with van der Waals surface area (Å²) in [5.41, 5.74) is 0.972. The molecule has 2 nitrogen and oxygen atoms in total. The Morgan fingerprint density at radius 2 is 2.18 bits per heavy atom. The molecule has 1 fully saturated rings. The molecule has 3 heteroatoms. The lowest BCUT2D eigenvalue weighted by Crippen LogP contribution is -2.28. The summed E-state index contributed by atoms with van der Waals surface area (Å²) < 4.78 is 0. The lowest BCUT2D eigenvalue weighted by Gasteiger charge is -2.24. The Morgan fingerprint density at radius 1 is 1.41 bits per heavy atom. The maximum atomic E-state index is 5.85. The first-order valence-electron chi connectivity index (χ1n) is 6.49. The van der Waals surface area contributed by atoms with Gasteiger partial charge in [0.1, 0.15) is 5.82 Å². The molecule has 0 saturated heterocycles. The summed E-state index contributed by atoms with van der Waals surface area (Å²) >= 11 is 5.85. The molecule has 0 aliphatic heterocycles. The number of anilines is 1. The number of alkyl halides is 1. The van der Waals surface area contributed by atoms with Crippen LogP contribution >= 0.6 is 11.6 Å². The molecule has 2 rings (SSSR count). The molecule has 1 aliphatic rings. The third kappa shape index (κ3) is 3.60. The molecule has 0 spiro atoms. The van der Waals surface area contributed by atoms with E-state index in [0.29, 0.717) is 11.9 Å². The fourth-order valence-corrected chi connectivity index (χ4v) is 2.12. The highest BCUT2D eigenvalue weighted by atomic mass is 35.5. The zero-order valence-corrected chi connectivity index (χ0v) is 11.5. The Kier molecular flexibility index (Phi) is 4.27. The topological polar surface area (TPSA) is 16.1 Å². The van der Waals surface area contributed by atoms with Crippen molar-refractivity contribution in [2.45, 2.75) is 45.0 Å². The quantitative estimate of drug-likeness (QED) is 0.716. The van der Waals surface area contributed by atoms with Crippen LogP contribution in [-0.4, -0.2) is 17.6 Å². The maximum absolute atomic E-state index is 5.85. The first-order valence-corrected chi connectivity index (χ1v) is 7.02. The van der Waals surface area contributed by atoms with E-state index in [1.807, 2.05) is 6.07 Å². The number of nitrogens with zero attached hydrogens (tertiary/aromatic N) is 2. The number of pyridine rings is 1. The van der Waals surface area contributed by atoms with E-state index in [2.05, 4.69) is 35.9 Å². The van der Waals surface area contributed by atoms with E-state index >= 15 is 0 Å². The van der Waals surface area contributed by atoms with Gasteiger partial charge in [0.25, 0.3) is 0 Å². The normalized spacial score (nSPS) is 15.3. The minimum absolute atomic E-state index is 0.497. The molecular weight excluding hydrogens is 232 g/mol. The number of hydrogen-bond donors (Lipinski definition) is 0. The van der Waals surface area contributed by atoms with Gasteiger partial charge >= 0.3 is 0 Å². The highest BCUT2D eigenvalue weighted by Crippen LogP contribution is 2.31. The lowest BCUT2D eigenvalue weighted by molar-refractivity contribution is 0.568. The average molecular weight is 253 g/mol. The Hall–Kier alpha value is -0.760. The summed E-state index contributed by atoms with van der Waals surface area (Å²) in [6.45, 7) is 5.66. The average Bonchev–Trinajstić information content (AvgIpc) is 3.14. The van der Waals surface area contributed by atoms with E-state index in [1.54, 1.807) is 0 Å². The zero-order chi connectivity index (χ0) is 12.3. The molecule has 0 aromatic carbocycles. The van der Waals surface area contributed by atoms with Crippen LogP contribution in [0.5, 0.6) is 0 Å². The molecular formula is C14H21ClN2. The molecule has 0 amide bonds. The van der Waals surface area contributed by atoms with Crippen molar-refractivity contribution in [3.8, 4) is 0 Å². The second-order valence-corrected chi connectivity index (χ2v) is 5.50. The first-order chi connectivity index (χ1) is 8.20. The SMILES string of the molecule is CC(C)CCN(c1cccc(CCl)n1)C1CC1. The van der Waals surface area contributed by atoms with Crippen LogP contribution in [0.1, 0.15) is 38.8 Å². The van der Waals surface area contributed by atoms with E-state index in [-0.39, 0.29) is 0 Å². The number of rotatable bonds is 6. The Bertz CT molecular complexity index is 361. The van der Waals surface area contributed by atoms with Crippen molar-refractivity contribution in [3.63, 3.8) is 0 Å². The molecule has 0 unspecified atom stereocenters. The van der Waals surface area contributed by atoms with Crippen molar-refractivity contribution in [3.05, 3.63) is 23.9 Å². The Balaban J connectivity index is 2.08. The fraction of sp³-hybridized carbons (Fsp3) is 0.643. The molecule has 0 atom stereocenters. The van der Waals surface area contributed by atoms with Crippen molar-refractivity contribution < 1.29 is 0 Å². The number of aromatic nitrogens is 1. The molecule has 94 valence electrons. The van der Waals surface area contributed by atoms with Crippen molar-refractivity contribution >= 4 is 17.4 Å². The van der Waals surface area contributed by atoms with Gasteiger partial charge in [-0.25, -0.2) is 4.98 Å². The Morgan fingerprint density at radius 3 is 2.76 bits per heavy atom. The van der Waals surface area contributed by atoms with E-state index in [1.165, 1.54) is 19.3 Å². The van der Waals surface area contributed by atoms with Crippen LogP contribution in [-0.2, 0) is 5.88 Å². The largest absolute Gasteiger partial charge is 0.354 e. The summed E-state index contributed by atoms with van der Waals surface area (Å²) in [5.74, 6) is 2.34. The van der Waals surface area contributed by atoms with E-state index in [0.717, 1.165) is 24.0 Å². The first kappa shape index (κ1) is 12.7. The Labute approximate surface area is 109 Å². The van der Waals surface area contributed by atoms with Gasteiger partial charge in [-0.05, 0) is 37.3 Å². The smallest absolute Gasteiger partial charge is 0.129 e. The molecule has 1 aromatic rings. The minimum atomic E-state index is 0.497. The van der Waals surface area contributed by atoms with Gasteiger partial charge in [-0.15, -0.1) is 11.6 Å². The van der Waals surface area contributed by atoms with Crippen LogP contribution in [0, 0.1) is 5.92 Å². The van der Waals surface area contributed by atoms with Crippen LogP contribution < -0.4 is 4.90 Å². The third-order valence-corrected chi connectivity index (χ3v) is 3.43. The predicted octanol–water partition coefficient (Wildman–Crippen LogP) is 3.84. The third-order valence-electron chi connectivity index (χ3n) is 3.16. The predicted molar refractivity (Wildman–Crippen MR) is 73.6 cm³/mol. The number of halogens is 1. The van der Waals surface area contributed by atoms with Crippen LogP contribution in [0.4, 0.5) is 5.82 Å².